The Morgan fingerprint density at radius 1 is 1.28 bits per heavy atom. The number of rotatable bonds is 3. The number of benzene rings is 2. The number of nitrogens with one attached hydrogen (secondary N) is 1. The van der Waals surface area contributed by atoms with Crippen molar-refractivity contribution in [2.24, 2.45) is 0 Å². The monoisotopic (exact) mass is 329 g/mol. The zero-order valence-corrected chi connectivity index (χ0v) is 11.6. The summed E-state index contributed by atoms with van der Waals surface area (Å²) in [6.45, 7) is 0.365. The molecule has 0 aliphatic carbocycles. The van der Waals surface area contributed by atoms with Crippen LogP contribution in [0.25, 0.3) is 0 Å². The molecule has 0 atom stereocenters. The third kappa shape index (κ3) is 2.94. The molecule has 18 heavy (non-hydrogen) atoms. The first-order chi connectivity index (χ1) is 8.58. The highest BCUT2D eigenvalue weighted by Crippen LogP contribution is 2.27. The van der Waals surface area contributed by atoms with E-state index in [1.807, 2.05) is 0 Å². The predicted molar refractivity (Wildman–Crippen MR) is 74.5 cm³/mol. The van der Waals surface area contributed by atoms with Gasteiger partial charge in [-0.15, -0.1) is 0 Å². The molecule has 0 aliphatic rings. The van der Waals surface area contributed by atoms with E-state index in [1.54, 1.807) is 30.3 Å². The van der Waals surface area contributed by atoms with Crippen LogP contribution in [-0.2, 0) is 6.54 Å². The molecule has 2 rings (SSSR count). The lowest BCUT2D eigenvalue weighted by molar-refractivity contribution is 0.469. The van der Waals surface area contributed by atoms with Gasteiger partial charge in [0.05, 0.1) is 4.47 Å². The molecule has 0 saturated heterocycles. The summed E-state index contributed by atoms with van der Waals surface area (Å²) in [6.07, 6.45) is 0. The van der Waals surface area contributed by atoms with Crippen LogP contribution in [0.1, 0.15) is 5.56 Å². The van der Waals surface area contributed by atoms with Gasteiger partial charge < -0.3 is 10.4 Å². The lowest BCUT2D eigenvalue weighted by atomic mass is 10.2. The van der Waals surface area contributed by atoms with Crippen molar-refractivity contribution in [1.82, 2.24) is 0 Å². The predicted octanol–water partition coefficient (Wildman–Crippen LogP) is 4.56. The number of hydrogen-bond donors (Lipinski definition) is 2. The van der Waals surface area contributed by atoms with Crippen LogP contribution < -0.4 is 5.32 Å². The van der Waals surface area contributed by atoms with Gasteiger partial charge in [-0.2, -0.15) is 0 Å². The van der Waals surface area contributed by atoms with E-state index in [0.717, 1.165) is 5.69 Å². The van der Waals surface area contributed by atoms with Crippen molar-refractivity contribution in [2.45, 2.75) is 6.54 Å². The Balaban J connectivity index is 2.14. The van der Waals surface area contributed by atoms with Crippen LogP contribution in [0.15, 0.2) is 40.9 Å². The fraction of sp³-hybridized carbons (Fsp3) is 0.0769. The molecule has 94 valence electrons. The van der Waals surface area contributed by atoms with Crippen LogP contribution in [-0.4, -0.2) is 5.11 Å². The molecule has 0 unspecified atom stereocenters. The van der Waals surface area contributed by atoms with Crippen molar-refractivity contribution >= 4 is 33.2 Å². The highest BCUT2D eigenvalue weighted by molar-refractivity contribution is 9.10. The first kappa shape index (κ1) is 13.2. The van der Waals surface area contributed by atoms with Crippen molar-refractivity contribution in [2.75, 3.05) is 5.32 Å². The molecule has 0 bridgehead atoms. The molecule has 0 heterocycles. The van der Waals surface area contributed by atoms with E-state index >= 15 is 0 Å². The lowest BCUT2D eigenvalue weighted by Gasteiger charge is -2.10. The Hall–Kier alpha value is -1.26. The summed E-state index contributed by atoms with van der Waals surface area (Å²) in [5.41, 5.74) is 1.35. The first-order valence-electron chi connectivity index (χ1n) is 5.23. The normalized spacial score (nSPS) is 10.4. The van der Waals surface area contributed by atoms with Gasteiger partial charge in [0.2, 0.25) is 0 Å². The van der Waals surface area contributed by atoms with Gasteiger partial charge in [-0.1, -0.05) is 17.7 Å². The Labute approximate surface area is 118 Å². The van der Waals surface area contributed by atoms with E-state index in [0.29, 0.717) is 21.6 Å². The summed E-state index contributed by atoms with van der Waals surface area (Å²) in [4.78, 5) is 0. The van der Waals surface area contributed by atoms with Crippen molar-refractivity contribution in [3.05, 3.63) is 57.3 Å². The van der Waals surface area contributed by atoms with Crippen LogP contribution in [0.2, 0.25) is 5.02 Å². The van der Waals surface area contributed by atoms with E-state index in [1.165, 1.54) is 6.07 Å². The minimum atomic E-state index is -0.318. The van der Waals surface area contributed by atoms with E-state index in [-0.39, 0.29) is 11.6 Å². The number of aromatic hydroxyl groups is 1. The van der Waals surface area contributed by atoms with Crippen molar-refractivity contribution in [3.63, 3.8) is 0 Å². The molecule has 0 saturated carbocycles. The summed E-state index contributed by atoms with van der Waals surface area (Å²) in [5, 5.41) is 13.2. The first-order valence-corrected chi connectivity index (χ1v) is 6.40. The van der Waals surface area contributed by atoms with E-state index < -0.39 is 0 Å². The Kier molecular flexibility index (Phi) is 4.09. The highest BCUT2D eigenvalue weighted by atomic mass is 79.9. The van der Waals surface area contributed by atoms with Crippen LogP contribution in [0.4, 0.5) is 10.1 Å². The average molecular weight is 331 g/mol. The Morgan fingerprint density at radius 2 is 2.06 bits per heavy atom. The molecule has 5 heteroatoms. The van der Waals surface area contributed by atoms with Crippen LogP contribution >= 0.6 is 27.5 Å². The number of phenolic OH excluding ortho intramolecular Hbond substituents is 1. The standard InChI is InChI=1S/C13H10BrClFNO/c14-10-6-8(4-5-12(10)16)17-7-9-11(15)2-1-3-13(9)18/h1-6,17-18H,7H2. The summed E-state index contributed by atoms with van der Waals surface area (Å²) in [7, 11) is 0. The van der Waals surface area contributed by atoms with Gasteiger partial charge >= 0.3 is 0 Å². The third-order valence-corrected chi connectivity index (χ3v) is 3.44. The van der Waals surface area contributed by atoms with Crippen molar-refractivity contribution in [1.29, 1.82) is 0 Å². The number of halogens is 3. The molecule has 0 fully saturated rings. The summed E-state index contributed by atoms with van der Waals surface area (Å²) >= 11 is 9.09. The maximum absolute atomic E-state index is 13.1. The molecule has 0 radical (unpaired) electrons. The molecule has 2 nitrogen and oxygen atoms in total. The molecule has 2 aromatic rings. The number of hydrogen-bond acceptors (Lipinski definition) is 2. The van der Waals surface area contributed by atoms with Crippen LogP contribution in [0.3, 0.4) is 0 Å². The fourth-order valence-corrected chi connectivity index (χ4v) is 2.13. The average Bonchev–Trinajstić information content (AvgIpc) is 2.33. The Morgan fingerprint density at radius 3 is 2.72 bits per heavy atom. The topological polar surface area (TPSA) is 32.3 Å². The largest absolute Gasteiger partial charge is 0.508 e. The van der Waals surface area contributed by atoms with Gasteiger partial charge in [-0.05, 0) is 46.3 Å². The van der Waals surface area contributed by atoms with Crippen LogP contribution in [0, 0.1) is 5.82 Å². The minimum Gasteiger partial charge on any atom is -0.508 e. The molecule has 0 aromatic heterocycles. The SMILES string of the molecule is Oc1cccc(Cl)c1CNc1ccc(F)c(Br)c1. The van der Waals surface area contributed by atoms with Gasteiger partial charge in [0.15, 0.2) is 0 Å². The van der Waals surface area contributed by atoms with E-state index in [2.05, 4.69) is 21.2 Å². The molecule has 0 aliphatic heterocycles. The fourth-order valence-electron chi connectivity index (χ4n) is 1.52. The second kappa shape index (κ2) is 5.59. The second-order valence-electron chi connectivity index (χ2n) is 3.72. The van der Waals surface area contributed by atoms with Gasteiger partial charge in [0.1, 0.15) is 11.6 Å². The van der Waals surface area contributed by atoms with Gasteiger partial charge in [-0.25, -0.2) is 4.39 Å². The molecule has 0 spiro atoms. The van der Waals surface area contributed by atoms with Crippen molar-refractivity contribution < 1.29 is 9.50 Å². The summed E-state index contributed by atoms with van der Waals surface area (Å²) in [5.74, 6) is -0.183. The van der Waals surface area contributed by atoms with Gasteiger partial charge in [0, 0.05) is 22.8 Å². The van der Waals surface area contributed by atoms with Gasteiger partial charge in [-0.3, -0.25) is 0 Å². The van der Waals surface area contributed by atoms with Gasteiger partial charge in [0.25, 0.3) is 0 Å². The maximum Gasteiger partial charge on any atom is 0.137 e. The van der Waals surface area contributed by atoms with E-state index in [4.69, 9.17) is 11.6 Å². The number of phenols is 1. The second-order valence-corrected chi connectivity index (χ2v) is 4.98. The lowest BCUT2D eigenvalue weighted by Crippen LogP contribution is -2.00. The Bertz CT molecular complexity index is 557. The highest BCUT2D eigenvalue weighted by Gasteiger charge is 2.06. The molecule has 2 N–H and O–H groups in total. The summed E-state index contributed by atoms with van der Waals surface area (Å²) < 4.78 is 13.4. The quantitative estimate of drug-likeness (QED) is 0.864. The smallest absolute Gasteiger partial charge is 0.137 e. The van der Waals surface area contributed by atoms with E-state index in [9.17, 15) is 9.50 Å². The molecular formula is C13H10BrClFNO. The van der Waals surface area contributed by atoms with Crippen molar-refractivity contribution in [3.8, 4) is 5.75 Å². The minimum absolute atomic E-state index is 0.135. The zero-order valence-electron chi connectivity index (χ0n) is 9.25. The van der Waals surface area contributed by atoms with Crippen LogP contribution in [0.5, 0.6) is 5.75 Å². The zero-order chi connectivity index (χ0) is 13.1. The molecule has 2 aromatic carbocycles. The third-order valence-electron chi connectivity index (χ3n) is 2.48. The maximum atomic E-state index is 13.1. The molecule has 0 amide bonds. The summed E-state index contributed by atoms with van der Waals surface area (Å²) in [6, 6.07) is 9.56. The number of anilines is 1. The molecular weight excluding hydrogens is 321 g/mol.